The molecule has 2 aliphatic rings. The number of nitrogens with zero attached hydrogens (tertiary/aromatic N) is 5. The molecule has 4 atom stereocenters. The molecule has 1 unspecified atom stereocenters. The zero-order valence-electron chi connectivity index (χ0n) is 31.3. The minimum absolute atomic E-state index is 0.0448. The molecule has 0 aliphatic carbocycles. The van der Waals surface area contributed by atoms with Crippen LogP contribution in [0.3, 0.4) is 0 Å². The number of aliphatic hydroxyl groups is 1. The molecule has 2 saturated heterocycles. The number of para-hydroxylation sites is 1. The highest BCUT2D eigenvalue weighted by Gasteiger charge is 2.40. The second-order valence-corrected chi connectivity index (χ2v) is 14.9. The molecular weight excluding hydrogens is 757 g/mol. The molecule has 3 heterocycles. The number of benzene rings is 5. The van der Waals surface area contributed by atoms with E-state index in [4.69, 9.17) is 14.2 Å². The SMILES string of the molecule is O=C(NC1CC(=O)N(Cc2ccccc2-c2ccc([C@@H]3O[C@H](CSc4nnnn4-c4ccccc4)C[C@H](c4ccc(CO)cc4)O3)cc2)C1=O)OCc1ccccc1. The molecule has 3 amide bonds. The first kappa shape index (κ1) is 38.7. The number of carbonyl (C=O) groups excluding carboxylic acids is 3. The van der Waals surface area contributed by atoms with Crippen molar-refractivity contribution in [1.29, 1.82) is 0 Å². The van der Waals surface area contributed by atoms with Crippen molar-refractivity contribution in [2.24, 2.45) is 0 Å². The van der Waals surface area contributed by atoms with Crippen molar-refractivity contribution >= 4 is 29.7 Å². The number of ether oxygens (including phenoxy) is 3. The number of imide groups is 1. The van der Waals surface area contributed by atoms with Gasteiger partial charge in [0.25, 0.3) is 5.91 Å². The Labute approximate surface area is 338 Å². The summed E-state index contributed by atoms with van der Waals surface area (Å²) >= 11 is 1.51. The van der Waals surface area contributed by atoms with Crippen LogP contribution in [0.5, 0.6) is 0 Å². The molecule has 5 aromatic carbocycles. The molecule has 0 bridgehead atoms. The summed E-state index contributed by atoms with van der Waals surface area (Å²) in [6.45, 7) is 0.0515. The minimum atomic E-state index is -1.00. The number of rotatable bonds is 13. The van der Waals surface area contributed by atoms with E-state index in [9.17, 15) is 19.5 Å². The number of likely N-dealkylation sites (tertiary alicyclic amines) is 1. The quantitative estimate of drug-likeness (QED) is 0.0945. The molecule has 2 fully saturated rings. The standard InChI is InChI=1S/C44H40N6O7S/c51-26-29-15-17-32(18-16-29)39-23-36(28-58-43-46-47-48-50(43)35-12-5-2-6-13-35)56-42(57-39)33-21-19-31(20-22-33)37-14-8-7-11-34(37)25-49-40(52)24-38(41(49)53)45-44(54)55-27-30-9-3-1-4-10-30/h1-22,36,38-39,42,51H,23-28H2,(H,45,54)/t36-,38?,39+,42+/m0/s1. The monoisotopic (exact) mass is 796 g/mol. The van der Waals surface area contributed by atoms with Gasteiger partial charge < -0.3 is 24.6 Å². The van der Waals surface area contributed by atoms with Crippen molar-refractivity contribution < 1.29 is 33.7 Å². The summed E-state index contributed by atoms with van der Waals surface area (Å²) < 4.78 is 20.2. The number of hydrogen-bond donors (Lipinski definition) is 2. The van der Waals surface area contributed by atoms with Gasteiger partial charge in [0.2, 0.25) is 11.1 Å². The molecule has 294 valence electrons. The average molecular weight is 797 g/mol. The molecule has 1 aromatic heterocycles. The summed E-state index contributed by atoms with van der Waals surface area (Å²) in [5.41, 5.74) is 6.79. The van der Waals surface area contributed by atoms with Gasteiger partial charge in [0.05, 0.1) is 37.5 Å². The third-order valence-corrected chi connectivity index (χ3v) is 11.1. The van der Waals surface area contributed by atoms with Gasteiger partial charge in [-0.05, 0) is 55.9 Å². The number of tetrazole rings is 1. The highest BCUT2D eigenvalue weighted by molar-refractivity contribution is 7.99. The molecule has 0 spiro atoms. The van der Waals surface area contributed by atoms with E-state index in [0.717, 1.165) is 44.6 Å². The lowest BCUT2D eigenvalue weighted by Gasteiger charge is -2.36. The number of nitrogens with one attached hydrogen (secondary N) is 1. The van der Waals surface area contributed by atoms with E-state index in [1.54, 1.807) is 4.68 Å². The lowest BCUT2D eigenvalue weighted by molar-refractivity contribution is -0.245. The topological polar surface area (TPSA) is 158 Å². The predicted octanol–water partition coefficient (Wildman–Crippen LogP) is 6.71. The molecule has 14 heteroatoms. The molecular formula is C44H40N6O7S. The van der Waals surface area contributed by atoms with E-state index in [-0.39, 0.29) is 44.3 Å². The number of carbonyl (C=O) groups is 3. The first-order chi connectivity index (χ1) is 28.4. The highest BCUT2D eigenvalue weighted by atomic mass is 32.2. The summed E-state index contributed by atoms with van der Waals surface area (Å²) in [5.74, 6) is -0.286. The van der Waals surface area contributed by atoms with Crippen molar-refractivity contribution in [3.05, 3.63) is 161 Å². The second-order valence-electron chi connectivity index (χ2n) is 13.9. The number of alkyl carbamates (subject to hydrolysis) is 1. The van der Waals surface area contributed by atoms with Crippen LogP contribution in [0.15, 0.2) is 139 Å². The van der Waals surface area contributed by atoms with E-state index < -0.39 is 24.3 Å². The maximum absolute atomic E-state index is 13.4. The van der Waals surface area contributed by atoms with E-state index >= 15 is 0 Å². The Hall–Kier alpha value is -6.19. The van der Waals surface area contributed by atoms with Crippen LogP contribution in [0.25, 0.3) is 16.8 Å². The molecule has 2 N–H and O–H groups in total. The van der Waals surface area contributed by atoms with E-state index in [1.807, 2.05) is 133 Å². The largest absolute Gasteiger partial charge is 0.445 e. The van der Waals surface area contributed by atoms with Crippen LogP contribution in [0.4, 0.5) is 4.79 Å². The molecule has 0 saturated carbocycles. The fraction of sp³-hybridized carbons (Fsp3) is 0.227. The predicted molar refractivity (Wildman–Crippen MR) is 214 cm³/mol. The van der Waals surface area contributed by atoms with Crippen molar-refractivity contribution in [3.8, 4) is 16.8 Å². The summed E-state index contributed by atoms with van der Waals surface area (Å²) in [6.07, 6.45) is -1.48. The molecule has 6 aromatic rings. The third-order valence-electron chi connectivity index (χ3n) is 10.0. The van der Waals surface area contributed by atoms with Gasteiger partial charge in [-0.1, -0.05) is 133 Å². The second kappa shape index (κ2) is 17.9. The van der Waals surface area contributed by atoms with Crippen molar-refractivity contribution in [2.75, 3.05) is 5.75 Å². The van der Waals surface area contributed by atoms with Gasteiger partial charge >= 0.3 is 6.09 Å². The van der Waals surface area contributed by atoms with Gasteiger partial charge in [0, 0.05) is 17.7 Å². The summed E-state index contributed by atoms with van der Waals surface area (Å²) in [7, 11) is 0. The van der Waals surface area contributed by atoms with Crippen LogP contribution in [0, 0.1) is 0 Å². The molecule has 0 radical (unpaired) electrons. The Bertz CT molecular complexity index is 2340. The number of aromatic nitrogens is 4. The maximum Gasteiger partial charge on any atom is 0.408 e. The fourth-order valence-corrected chi connectivity index (χ4v) is 7.90. The zero-order chi connectivity index (χ0) is 39.8. The van der Waals surface area contributed by atoms with E-state index in [0.29, 0.717) is 17.3 Å². The Kier molecular flexibility index (Phi) is 12.0. The zero-order valence-corrected chi connectivity index (χ0v) is 32.1. The smallest absolute Gasteiger partial charge is 0.408 e. The molecule has 8 rings (SSSR count). The van der Waals surface area contributed by atoms with Crippen molar-refractivity contribution in [2.45, 2.75) is 62.3 Å². The van der Waals surface area contributed by atoms with Gasteiger partial charge in [0.15, 0.2) is 6.29 Å². The summed E-state index contributed by atoms with van der Waals surface area (Å²) in [4.78, 5) is 40.1. The third kappa shape index (κ3) is 9.00. The van der Waals surface area contributed by atoms with Gasteiger partial charge in [0.1, 0.15) is 12.6 Å². The number of hydrogen-bond acceptors (Lipinski definition) is 11. The van der Waals surface area contributed by atoms with Crippen LogP contribution in [-0.4, -0.2) is 66.0 Å². The Morgan fingerprint density at radius 3 is 2.29 bits per heavy atom. The normalized spacial score (nSPS) is 19.3. The Balaban J connectivity index is 0.955. The Morgan fingerprint density at radius 1 is 0.828 bits per heavy atom. The highest BCUT2D eigenvalue weighted by Crippen LogP contribution is 2.40. The van der Waals surface area contributed by atoms with Crippen LogP contribution >= 0.6 is 11.8 Å². The van der Waals surface area contributed by atoms with Gasteiger partial charge in [-0.25, -0.2) is 4.79 Å². The van der Waals surface area contributed by atoms with Crippen LogP contribution in [0.1, 0.15) is 53.1 Å². The summed E-state index contributed by atoms with van der Waals surface area (Å²) in [6, 6.07) is 41.1. The van der Waals surface area contributed by atoms with Crippen LogP contribution in [0.2, 0.25) is 0 Å². The van der Waals surface area contributed by atoms with Gasteiger partial charge in [-0.3, -0.25) is 14.5 Å². The van der Waals surface area contributed by atoms with Crippen LogP contribution in [-0.2, 0) is 43.6 Å². The number of aliphatic hydroxyl groups excluding tert-OH is 1. The first-order valence-corrected chi connectivity index (χ1v) is 19.9. The maximum atomic E-state index is 13.4. The summed E-state index contributed by atoms with van der Waals surface area (Å²) in [5, 5.41) is 25.2. The average Bonchev–Trinajstić information content (AvgIpc) is 3.85. The van der Waals surface area contributed by atoms with Crippen molar-refractivity contribution in [3.63, 3.8) is 0 Å². The van der Waals surface area contributed by atoms with E-state index in [2.05, 4.69) is 20.8 Å². The molecule has 58 heavy (non-hydrogen) atoms. The minimum Gasteiger partial charge on any atom is -0.445 e. The van der Waals surface area contributed by atoms with Gasteiger partial charge in [-0.2, -0.15) is 4.68 Å². The number of amides is 3. The number of thioether (sulfide) groups is 1. The molecule has 2 aliphatic heterocycles. The first-order valence-electron chi connectivity index (χ1n) is 18.9. The van der Waals surface area contributed by atoms with Crippen LogP contribution < -0.4 is 5.32 Å². The van der Waals surface area contributed by atoms with Crippen molar-refractivity contribution in [1.82, 2.24) is 30.4 Å². The lowest BCUT2D eigenvalue weighted by Crippen LogP contribution is -2.41. The van der Waals surface area contributed by atoms with Gasteiger partial charge in [-0.15, -0.1) is 5.10 Å². The van der Waals surface area contributed by atoms with E-state index in [1.165, 1.54) is 16.7 Å². The lowest BCUT2D eigenvalue weighted by atomic mass is 9.97. The molecule has 13 nitrogen and oxygen atoms in total. The Morgan fingerprint density at radius 2 is 1.53 bits per heavy atom. The fourth-order valence-electron chi connectivity index (χ4n) is 6.99.